The molecule has 0 unspecified atom stereocenters. The highest BCUT2D eigenvalue weighted by Crippen LogP contribution is 2.47. The molecule has 0 bridgehead atoms. The van der Waals surface area contributed by atoms with E-state index in [2.05, 4.69) is 301 Å². The van der Waals surface area contributed by atoms with Crippen LogP contribution in [0.1, 0.15) is 0 Å². The van der Waals surface area contributed by atoms with Crippen molar-refractivity contribution in [1.29, 1.82) is 0 Å². The lowest BCUT2D eigenvalue weighted by atomic mass is 9.95. The molecule has 0 N–H and O–H groups in total. The molecule has 1 aromatic heterocycles. The van der Waals surface area contributed by atoms with Crippen molar-refractivity contribution in [3.05, 3.63) is 291 Å². The van der Waals surface area contributed by atoms with Crippen molar-refractivity contribution in [2.75, 3.05) is 9.80 Å². The SMILES string of the molecule is c1ccc(-c2ccc(-c3ccc(N(c4ccc5ccccc5c4)c4ccccc4-c4cccc(N(c5ccc6ccccc6c5)c5ccc(-c6ccc7c(c6)sc6ccccc67)c6ccccc56)c4)cc3)cc2)cc1. The van der Waals surface area contributed by atoms with Gasteiger partial charge in [-0.05, 0) is 139 Å². The highest BCUT2D eigenvalue weighted by atomic mass is 32.1. The number of hydrogen-bond acceptors (Lipinski definition) is 3. The van der Waals surface area contributed by atoms with Gasteiger partial charge in [0.15, 0.2) is 0 Å². The Morgan fingerprint density at radius 1 is 0.213 bits per heavy atom. The molecule has 0 radical (unpaired) electrons. The van der Waals surface area contributed by atoms with E-state index in [1.165, 1.54) is 85.9 Å². The number of nitrogens with zero attached hydrogens (tertiary/aromatic N) is 2. The van der Waals surface area contributed by atoms with Crippen LogP contribution in [0, 0.1) is 0 Å². The van der Waals surface area contributed by atoms with Crippen molar-refractivity contribution in [2.45, 2.75) is 0 Å². The zero-order valence-corrected chi connectivity index (χ0v) is 41.8. The maximum absolute atomic E-state index is 2.45. The van der Waals surface area contributed by atoms with Crippen LogP contribution in [0.4, 0.5) is 34.1 Å². The zero-order valence-electron chi connectivity index (χ0n) is 41.0. The molecular formula is C72H48N2S. The smallest absolute Gasteiger partial charge is 0.0540 e. The van der Waals surface area contributed by atoms with E-state index in [9.17, 15) is 0 Å². The topological polar surface area (TPSA) is 6.48 Å². The minimum atomic E-state index is 1.07. The third-order valence-electron chi connectivity index (χ3n) is 14.8. The lowest BCUT2D eigenvalue weighted by Gasteiger charge is -2.30. The Kier molecular flexibility index (Phi) is 11.1. The first-order valence-electron chi connectivity index (χ1n) is 25.6. The molecule has 352 valence electrons. The van der Waals surface area contributed by atoms with Crippen LogP contribution in [0.15, 0.2) is 291 Å². The number of anilines is 6. The average Bonchev–Trinajstić information content (AvgIpc) is 3.86. The number of rotatable bonds is 10. The number of para-hydroxylation sites is 1. The first kappa shape index (κ1) is 44.2. The fourth-order valence-electron chi connectivity index (χ4n) is 11.1. The van der Waals surface area contributed by atoms with Gasteiger partial charge in [0.2, 0.25) is 0 Å². The van der Waals surface area contributed by atoms with Crippen molar-refractivity contribution in [2.24, 2.45) is 0 Å². The van der Waals surface area contributed by atoms with Gasteiger partial charge < -0.3 is 9.80 Å². The van der Waals surface area contributed by atoms with E-state index in [0.717, 1.165) is 45.3 Å². The normalized spacial score (nSPS) is 11.5. The second kappa shape index (κ2) is 18.8. The van der Waals surface area contributed by atoms with E-state index in [1.807, 2.05) is 11.3 Å². The average molecular weight is 973 g/mol. The van der Waals surface area contributed by atoms with Gasteiger partial charge in [-0.25, -0.2) is 0 Å². The van der Waals surface area contributed by atoms with Gasteiger partial charge in [0, 0.05) is 53.9 Å². The molecule has 0 atom stereocenters. The van der Waals surface area contributed by atoms with Crippen molar-refractivity contribution >= 4 is 98.0 Å². The standard InChI is InChI=1S/C72H48N2S/c1-2-15-49(16-3-1)52-29-31-53(32-30-52)54-33-38-59(39-34-54)73(61-40-35-50-17-4-6-19-55(50)45-61)69-27-12-10-23-64(69)57-21-14-22-60(47-57)74(62-41-36-51-18-5-7-20-56(51)46-62)70-44-43-63(65-24-8-9-25-66(65)70)58-37-42-68-67-26-11-13-28-71(67)75-72(68)48-58/h1-48H. The van der Waals surface area contributed by atoms with Crippen molar-refractivity contribution in [3.63, 3.8) is 0 Å². The minimum Gasteiger partial charge on any atom is -0.310 e. The number of thiophene rings is 1. The van der Waals surface area contributed by atoms with E-state index in [4.69, 9.17) is 0 Å². The van der Waals surface area contributed by atoms with Crippen molar-refractivity contribution in [3.8, 4) is 44.5 Å². The summed E-state index contributed by atoms with van der Waals surface area (Å²) in [5, 5.41) is 9.83. The Labute approximate surface area is 440 Å². The van der Waals surface area contributed by atoms with Gasteiger partial charge in [-0.1, -0.05) is 218 Å². The van der Waals surface area contributed by atoms with E-state index < -0.39 is 0 Å². The Hall–Kier alpha value is -9.54. The van der Waals surface area contributed by atoms with Gasteiger partial charge in [-0.3, -0.25) is 0 Å². The molecule has 0 aliphatic heterocycles. The summed E-state index contributed by atoms with van der Waals surface area (Å²) in [6, 6.07) is 107. The summed E-state index contributed by atoms with van der Waals surface area (Å²) in [6.07, 6.45) is 0. The fraction of sp³-hybridized carbons (Fsp3) is 0. The second-order valence-corrected chi connectivity index (χ2v) is 20.4. The van der Waals surface area contributed by atoms with E-state index in [-0.39, 0.29) is 0 Å². The summed E-state index contributed by atoms with van der Waals surface area (Å²) in [5.74, 6) is 0. The van der Waals surface area contributed by atoms with Gasteiger partial charge in [0.1, 0.15) is 0 Å². The maximum atomic E-state index is 2.45. The summed E-state index contributed by atoms with van der Waals surface area (Å²) in [7, 11) is 0. The highest BCUT2D eigenvalue weighted by Gasteiger charge is 2.22. The van der Waals surface area contributed by atoms with Gasteiger partial charge in [-0.2, -0.15) is 0 Å². The van der Waals surface area contributed by atoms with E-state index >= 15 is 0 Å². The molecule has 0 aliphatic rings. The summed E-state index contributed by atoms with van der Waals surface area (Å²) < 4.78 is 2.62. The van der Waals surface area contributed by atoms with Crippen LogP contribution in [-0.2, 0) is 0 Å². The van der Waals surface area contributed by atoms with E-state index in [0.29, 0.717) is 0 Å². The Bertz CT molecular complexity index is 4420. The molecule has 75 heavy (non-hydrogen) atoms. The third kappa shape index (κ3) is 8.17. The second-order valence-electron chi connectivity index (χ2n) is 19.3. The van der Waals surface area contributed by atoms with Crippen LogP contribution in [-0.4, -0.2) is 0 Å². The quantitative estimate of drug-likeness (QED) is 0.135. The summed E-state index contributed by atoms with van der Waals surface area (Å²) in [6.45, 7) is 0. The molecule has 13 aromatic carbocycles. The largest absolute Gasteiger partial charge is 0.310 e. The number of hydrogen-bond donors (Lipinski definition) is 0. The molecule has 0 amide bonds. The Balaban J connectivity index is 0.896. The van der Waals surface area contributed by atoms with Gasteiger partial charge >= 0.3 is 0 Å². The predicted octanol–water partition coefficient (Wildman–Crippen LogP) is 21.1. The van der Waals surface area contributed by atoms with Gasteiger partial charge in [0.05, 0.1) is 11.4 Å². The lowest BCUT2D eigenvalue weighted by Crippen LogP contribution is -2.12. The van der Waals surface area contributed by atoms with Crippen molar-refractivity contribution < 1.29 is 0 Å². The van der Waals surface area contributed by atoms with Crippen LogP contribution in [0.3, 0.4) is 0 Å². The highest BCUT2D eigenvalue weighted by molar-refractivity contribution is 7.25. The summed E-state index contributed by atoms with van der Waals surface area (Å²) >= 11 is 1.87. The molecule has 0 aliphatic carbocycles. The molecule has 0 saturated heterocycles. The van der Waals surface area contributed by atoms with E-state index in [1.54, 1.807) is 0 Å². The van der Waals surface area contributed by atoms with Crippen LogP contribution in [0.5, 0.6) is 0 Å². The molecule has 2 nitrogen and oxygen atoms in total. The molecule has 3 heteroatoms. The summed E-state index contributed by atoms with van der Waals surface area (Å²) in [4.78, 5) is 4.87. The molecule has 14 aromatic rings. The van der Waals surface area contributed by atoms with Gasteiger partial charge in [-0.15, -0.1) is 11.3 Å². The van der Waals surface area contributed by atoms with Crippen molar-refractivity contribution in [1.82, 2.24) is 0 Å². The van der Waals surface area contributed by atoms with Crippen LogP contribution >= 0.6 is 11.3 Å². The Morgan fingerprint density at radius 3 is 1.40 bits per heavy atom. The summed E-state index contributed by atoms with van der Waals surface area (Å²) in [5.41, 5.74) is 16.0. The maximum Gasteiger partial charge on any atom is 0.0540 e. The van der Waals surface area contributed by atoms with Gasteiger partial charge in [0.25, 0.3) is 0 Å². The van der Waals surface area contributed by atoms with Crippen LogP contribution in [0.25, 0.3) is 97.0 Å². The third-order valence-corrected chi connectivity index (χ3v) is 16.0. The molecule has 14 rings (SSSR count). The minimum absolute atomic E-state index is 1.07. The zero-order chi connectivity index (χ0) is 49.7. The molecule has 0 spiro atoms. The molecule has 0 saturated carbocycles. The molecule has 0 fully saturated rings. The fourth-order valence-corrected chi connectivity index (χ4v) is 12.3. The first-order valence-corrected chi connectivity index (χ1v) is 26.5. The van der Waals surface area contributed by atoms with Crippen LogP contribution < -0.4 is 9.80 Å². The monoisotopic (exact) mass is 972 g/mol. The first-order chi connectivity index (χ1) is 37.2. The number of fused-ring (bicyclic) bond motifs is 6. The molecule has 1 heterocycles. The molecular weight excluding hydrogens is 925 g/mol. The predicted molar refractivity (Wildman–Crippen MR) is 323 cm³/mol. The lowest BCUT2D eigenvalue weighted by molar-refractivity contribution is 1.28. The Morgan fingerprint density at radius 2 is 0.693 bits per heavy atom. The number of benzene rings is 13. The van der Waals surface area contributed by atoms with Crippen LogP contribution in [0.2, 0.25) is 0 Å².